The van der Waals surface area contributed by atoms with E-state index in [1.54, 1.807) is 25.4 Å². The zero-order valence-electron chi connectivity index (χ0n) is 9.16. The first-order chi connectivity index (χ1) is 7.69. The highest BCUT2D eigenvalue weighted by molar-refractivity contribution is 5.92. The number of carbonyl (C=O) groups excluding carboxylic acids is 1. The summed E-state index contributed by atoms with van der Waals surface area (Å²) in [6.45, 7) is 0.116. The molecule has 0 aromatic carbocycles. The molecule has 3 N–H and O–H groups in total. The fraction of sp³-hybridized carbons (Fsp3) is 0.455. The molecule has 0 aliphatic heterocycles. The molecule has 1 aromatic heterocycles. The van der Waals surface area contributed by atoms with Gasteiger partial charge in [-0.25, -0.2) is 0 Å². The Morgan fingerprint density at radius 1 is 1.62 bits per heavy atom. The normalized spacial score (nSPS) is 16.6. The van der Waals surface area contributed by atoms with Crippen molar-refractivity contribution >= 4 is 11.6 Å². The van der Waals surface area contributed by atoms with E-state index in [1.807, 2.05) is 0 Å². The fourth-order valence-electron chi connectivity index (χ4n) is 1.54. The molecule has 5 nitrogen and oxygen atoms in total. The Hall–Kier alpha value is -1.62. The van der Waals surface area contributed by atoms with Crippen molar-refractivity contribution in [2.75, 3.05) is 19.0 Å². The summed E-state index contributed by atoms with van der Waals surface area (Å²) in [5.41, 5.74) is 1.02. The molecule has 5 heteroatoms. The SMILES string of the molecule is CNC(=O)c1cc(NC2(CO)CC2)ccn1. The monoisotopic (exact) mass is 221 g/mol. The van der Waals surface area contributed by atoms with Gasteiger partial charge in [0.1, 0.15) is 5.69 Å². The molecule has 1 amide bonds. The van der Waals surface area contributed by atoms with Crippen molar-refractivity contribution in [1.29, 1.82) is 0 Å². The second-order valence-electron chi connectivity index (χ2n) is 4.07. The highest BCUT2D eigenvalue weighted by Gasteiger charge is 2.41. The van der Waals surface area contributed by atoms with E-state index in [0.29, 0.717) is 5.69 Å². The number of nitrogens with one attached hydrogen (secondary N) is 2. The minimum absolute atomic E-state index is 0.116. The van der Waals surface area contributed by atoms with E-state index in [0.717, 1.165) is 18.5 Å². The van der Waals surface area contributed by atoms with Gasteiger partial charge in [0.05, 0.1) is 12.1 Å². The Morgan fingerprint density at radius 2 is 2.38 bits per heavy atom. The third kappa shape index (κ3) is 2.14. The lowest BCUT2D eigenvalue weighted by Crippen LogP contribution is -2.26. The Bertz CT molecular complexity index is 402. The molecule has 1 fully saturated rings. The average molecular weight is 221 g/mol. The molecule has 1 aromatic rings. The predicted molar refractivity (Wildman–Crippen MR) is 60.3 cm³/mol. The summed E-state index contributed by atoms with van der Waals surface area (Å²) in [5, 5.41) is 14.9. The van der Waals surface area contributed by atoms with Crippen molar-refractivity contribution in [3.05, 3.63) is 24.0 Å². The van der Waals surface area contributed by atoms with Crippen LogP contribution in [0, 0.1) is 0 Å². The van der Waals surface area contributed by atoms with Crippen molar-refractivity contribution in [2.24, 2.45) is 0 Å². The number of amides is 1. The highest BCUT2D eigenvalue weighted by Crippen LogP contribution is 2.38. The number of hydrogen-bond acceptors (Lipinski definition) is 4. The quantitative estimate of drug-likeness (QED) is 0.687. The Labute approximate surface area is 93.9 Å². The highest BCUT2D eigenvalue weighted by atomic mass is 16.3. The third-order valence-electron chi connectivity index (χ3n) is 2.79. The average Bonchev–Trinajstić information content (AvgIpc) is 3.09. The van der Waals surface area contributed by atoms with Gasteiger partial charge >= 0.3 is 0 Å². The number of rotatable bonds is 4. The van der Waals surface area contributed by atoms with Gasteiger partial charge in [0.15, 0.2) is 0 Å². The summed E-state index contributed by atoms with van der Waals surface area (Å²) in [6, 6.07) is 3.48. The molecule has 0 saturated heterocycles. The lowest BCUT2D eigenvalue weighted by atomic mass is 10.2. The number of pyridine rings is 1. The molecular weight excluding hydrogens is 206 g/mol. The van der Waals surface area contributed by atoms with E-state index >= 15 is 0 Å². The minimum Gasteiger partial charge on any atom is -0.394 e. The summed E-state index contributed by atoms with van der Waals surface area (Å²) in [4.78, 5) is 15.3. The molecule has 1 heterocycles. The van der Waals surface area contributed by atoms with Crippen LogP contribution in [0.3, 0.4) is 0 Å². The maximum Gasteiger partial charge on any atom is 0.269 e. The summed E-state index contributed by atoms with van der Waals surface area (Å²) in [5.74, 6) is -0.211. The van der Waals surface area contributed by atoms with Gasteiger partial charge in [-0.3, -0.25) is 9.78 Å². The van der Waals surface area contributed by atoms with Gasteiger partial charge in [-0.05, 0) is 25.0 Å². The second kappa shape index (κ2) is 4.09. The first kappa shape index (κ1) is 10.9. The van der Waals surface area contributed by atoms with Gasteiger partial charge in [0, 0.05) is 18.9 Å². The van der Waals surface area contributed by atoms with Crippen LogP contribution in [-0.2, 0) is 0 Å². The second-order valence-corrected chi connectivity index (χ2v) is 4.07. The van der Waals surface area contributed by atoms with Crippen LogP contribution in [-0.4, -0.2) is 35.2 Å². The van der Waals surface area contributed by atoms with Crippen LogP contribution >= 0.6 is 0 Å². The number of anilines is 1. The van der Waals surface area contributed by atoms with Gasteiger partial charge in [-0.1, -0.05) is 0 Å². The summed E-state index contributed by atoms with van der Waals surface area (Å²) >= 11 is 0. The Kier molecular flexibility index (Phi) is 2.78. The molecule has 86 valence electrons. The largest absolute Gasteiger partial charge is 0.394 e. The predicted octanol–water partition coefficient (Wildman–Crippen LogP) is 0.378. The molecule has 0 bridgehead atoms. The number of carbonyl (C=O) groups is 1. The van der Waals surface area contributed by atoms with Crippen molar-refractivity contribution in [3.63, 3.8) is 0 Å². The Balaban J connectivity index is 2.13. The van der Waals surface area contributed by atoms with E-state index in [4.69, 9.17) is 0 Å². The van der Waals surface area contributed by atoms with E-state index < -0.39 is 0 Å². The van der Waals surface area contributed by atoms with E-state index in [-0.39, 0.29) is 18.1 Å². The molecule has 1 aliphatic carbocycles. The molecule has 1 aliphatic rings. The first-order valence-corrected chi connectivity index (χ1v) is 5.26. The number of aliphatic hydroxyl groups excluding tert-OH is 1. The Morgan fingerprint density at radius 3 is 2.94 bits per heavy atom. The zero-order chi connectivity index (χ0) is 11.6. The van der Waals surface area contributed by atoms with E-state index in [9.17, 15) is 9.90 Å². The molecule has 0 spiro atoms. The molecule has 0 atom stereocenters. The van der Waals surface area contributed by atoms with Gasteiger partial charge in [0.2, 0.25) is 0 Å². The molecule has 0 unspecified atom stereocenters. The zero-order valence-corrected chi connectivity index (χ0v) is 9.16. The van der Waals surface area contributed by atoms with Gasteiger partial charge < -0.3 is 15.7 Å². The third-order valence-corrected chi connectivity index (χ3v) is 2.79. The van der Waals surface area contributed by atoms with E-state index in [2.05, 4.69) is 15.6 Å². The summed E-state index contributed by atoms with van der Waals surface area (Å²) in [7, 11) is 1.57. The van der Waals surface area contributed by atoms with Crippen LogP contribution in [0.5, 0.6) is 0 Å². The van der Waals surface area contributed by atoms with Crippen molar-refractivity contribution in [3.8, 4) is 0 Å². The van der Waals surface area contributed by atoms with Gasteiger partial charge in [-0.2, -0.15) is 0 Å². The summed E-state index contributed by atoms with van der Waals surface area (Å²) < 4.78 is 0. The van der Waals surface area contributed by atoms with Crippen LogP contribution in [0.25, 0.3) is 0 Å². The molecule has 1 saturated carbocycles. The minimum atomic E-state index is -0.211. The van der Waals surface area contributed by atoms with Crippen LogP contribution < -0.4 is 10.6 Å². The lowest BCUT2D eigenvalue weighted by Gasteiger charge is -2.15. The van der Waals surface area contributed by atoms with E-state index in [1.165, 1.54) is 0 Å². The molecular formula is C11H15N3O2. The number of nitrogens with zero attached hydrogens (tertiary/aromatic N) is 1. The number of aliphatic hydroxyl groups is 1. The standard InChI is InChI=1S/C11H15N3O2/c1-12-10(16)9-6-8(2-5-13-9)14-11(7-15)3-4-11/h2,5-6,15H,3-4,7H2,1H3,(H,12,16)(H,13,14). The van der Waals surface area contributed by atoms with Gasteiger partial charge in [-0.15, -0.1) is 0 Å². The molecule has 2 rings (SSSR count). The molecule has 0 radical (unpaired) electrons. The topological polar surface area (TPSA) is 74.2 Å². The first-order valence-electron chi connectivity index (χ1n) is 5.26. The number of aromatic nitrogens is 1. The molecule has 16 heavy (non-hydrogen) atoms. The van der Waals surface area contributed by atoms with Crippen LogP contribution in [0.4, 0.5) is 5.69 Å². The fourth-order valence-corrected chi connectivity index (χ4v) is 1.54. The van der Waals surface area contributed by atoms with Crippen LogP contribution in [0.2, 0.25) is 0 Å². The van der Waals surface area contributed by atoms with Crippen molar-refractivity contribution in [1.82, 2.24) is 10.3 Å². The van der Waals surface area contributed by atoms with Crippen molar-refractivity contribution < 1.29 is 9.90 Å². The lowest BCUT2D eigenvalue weighted by molar-refractivity contribution is 0.0958. The maximum absolute atomic E-state index is 11.4. The summed E-state index contributed by atoms with van der Waals surface area (Å²) in [6.07, 6.45) is 3.50. The maximum atomic E-state index is 11.4. The van der Waals surface area contributed by atoms with Crippen LogP contribution in [0.15, 0.2) is 18.3 Å². The van der Waals surface area contributed by atoms with Gasteiger partial charge in [0.25, 0.3) is 5.91 Å². The number of hydrogen-bond donors (Lipinski definition) is 3. The van der Waals surface area contributed by atoms with Crippen molar-refractivity contribution in [2.45, 2.75) is 18.4 Å². The smallest absolute Gasteiger partial charge is 0.269 e. The van der Waals surface area contributed by atoms with Crippen LogP contribution in [0.1, 0.15) is 23.3 Å².